The number of halogens is 1. The minimum absolute atomic E-state index is 0.268. The van der Waals surface area contributed by atoms with Gasteiger partial charge in [-0.25, -0.2) is 0 Å². The first-order valence-electron chi connectivity index (χ1n) is 4.56. The van der Waals surface area contributed by atoms with Gasteiger partial charge in [-0.1, -0.05) is 0 Å². The van der Waals surface area contributed by atoms with E-state index in [1.54, 1.807) is 6.92 Å². The second kappa shape index (κ2) is 5.22. The molecule has 1 unspecified atom stereocenters. The molecule has 1 aromatic rings. The first-order valence-corrected chi connectivity index (χ1v) is 5.36. The predicted octanol–water partition coefficient (Wildman–Crippen LogP) is 2.21. The fourth-order valence-electron chi connectivity index (χ4n) is 1.09. The zero-order chi connectivity index (χ0) is 10.6. The van der Waals surface area contributed by atoms with Crippen molar-refractivity contribution in [3.05, 3.63) is 22.7 Å². The zero-order valence-corrected chi connectivity index (χ0v) is 9.71. The number of nitrogens with two attached hydrogens (primary N) is 1. The van der Waals surface area contributed by atoms with Gasteiger partial charge in [0.2, 0.25) is 0 Å². The Morgan fingerprint density at radius 3 is 2.86 bits per heavy atom. The SMILES string of the molecule is CC(O)CCNc1ccc(N)cc1Br. The lowest BCUT2D eigenvalue weighted by molar-refractivity contribution is 0.189. The van der Waals surface area contributed by atoms with Gasteiger partial charge in [-0.15, -0.1) is 0 Å². The maximum absolute atomic E-state index is 9.07. The van der Waals surface area contributed by atoms with Gasteiger partial charge in [0.05, 0.1) is 6.10 Å². The highest BCUT2D eigenvalue weighted by atomic mass is 79.9. The van der Waals surface area contributed by atoms with E-state index in [-0.39, 0.29) is 6.10 Å². The van der Waals surface area contributed by atoms with Crippen LogP contribution in [0.2, 0.25) is 0 Å². The molecule has 78 valence electrons. The largest absolute Gasteiger partial charge is 0.399 e. The van der Waals surface area contributed by atoms with E-state index in [0.29, 0.717) is 0 Å². The van der Waals surface area contributed by atoms with Crippen molar-refractivity contribution in [1.82, 2.24) is 0 Å². The Morgan fingerprint density at radius 1 is 1.57 bits per heavy atom. The van der Waals surface area contributed by atoms with Crippen molar-refractivity contribution < 1.29 is 5.11 Å². The number of anilines is 2. The number of hydrogen-bond donors (Lipinski definition) is 3. The maximum Gasteiger partial charge on any atom is 0.0528 e. The fourth-order valence-corrected chi connectivity index (χ4v) is 1.63. The van der Waals surface area contributed by atoms with Crippen LogP contribution in [0.1, 0.15) is 13.3 Å². The molecular weight excluding hydrogens is 244 g/mol. The maximum atomic E-state index is 9.07. The molecule has 0 amide bonds. The molecule has 0 heterocycles. The first kappa shape index (κ1) is 11.3. The average Bonchev–Trinajstić information content (AvgIpc) is 2.08. The molecule has 1 aromatic carbocycles. The van der Waals surface area contributed by atoms with Gasteiger partial charge in [-0.05, 0) is 47.5 Å². The van der Waals surface area contributed by atoms with E-state index in [1.807, 2.05) is 18.2 Å². The Balaban J connectivity index is 2.51. The number of benzene rings is 1. The summed E-state index contributed by atoms with van der Waals surface area (Å²) in [6, 6.07) is 5.61. The minimum Gasteiger partial charge on any atom is -0.399 e. The summed E-state index contributed by atoms with van der Waals surface area (Å²) in [6.45, 7) is 2.53. The number of rotatable bonds is 4. The Labute approximate surface area is 92.4 Å². The Hall–Kier alpha value is -0.740. The Morgan fingerprint density at radius 2 is 2.29 bits per heavy atom. The van der Waals surface area contributed by atoms with E-state index < -0.39 is 0 Å². The first-order chi connectivity index (χ1) is 6.59. The van der Waals surface area contributed by atoms with Crippen LogP contribution in [0.5, 0.6) is 0 Å². The summed E-state index contributed by atoms with van der Waals surface area (Å²) >= 11 is 3.41. The van der Waals surface area contributed by atoms with Gasteiger partial charge < -0.3 is 16.2 Å². The van der Waals surface area contributed by atoms with Crippen LogP contribution >= 0.6 is 15.9 Å². The topological polar surface area (TPSA) is 58.3 Å². The lowest BCUT2D eigenvalue weighted by Crippen LogP contribution is -2.10. The summed E-state index contributed by atoms with van der Waals surface area (Å²) < 4.78 is 0.947. The number of nitrogen functional groups attached to an aromatic ring is 1. The predicted molar refractivity (Wildman–Crippen MR) is 63.3 cm³/mol. The molecule has 0 fully saturated rings. The van der Waals surface area contributed by atoms with Crippen molar-refractivity contribution in [1.29, 1.82) is 0 Å². The van der Waals surface area contributed by atoms with E-state index >= 15 is 0 Å². The van der Waals surface area contributed by atoms with Crippen molar-refractivity contribution in [2.45, 2.75) is 19.4 Å². The molecule has 0 spiro atoms. The van der Waals surface area contributed by atoms with Gasteiger partial charge in [-0.3, -0.25) is 0 Å². The van der Waals surface area contributed by atoms with Crippen molar-refractivity contribution in [3.8, 4) is 0 Å². The summed E-state index contributed by atoms with van der Waals surface area (Å²) in [5.74, 6) is 0. The van der Waals surface area contributed by atoms with Crippen LogP contribution in [-0.4, -0.2) is 17.8 Å². The molecule has 0 aliphatic heterocycles. The van der Waals surface area contributed by atoms with Crippen LogP contribution in [-0.2, 0) is 0 Å². The standard InChI is InChI=1S/C10H15BrN2O/c1-7(14)4-5-13-10-3-2-8(12)6-9(10)11/h2-3,6-7,13-14H,4-5,12H2,1H3. The summed E-state index contributed by atoms with van der Waals surface area (Å²) in [5.41, 5.74) is 7.34. The lowest BCUT2D eigenvalue weighted by atomic mass is 10.2. The van der Waals surface area contributed by atoms with Crippen LogP contribution in [0, 0.1) is 0 Å². The third-order valence-electron chi connectivity index (χ3n) is 1.87. The molecule has 3 nitrogen and oxygen atoms in total. The van der Waals surface area contributed by atoms with Gasteiger partial charge >= 0.3 is 0 Å². The second-order valence-corrected chi connectivity index (χ2v) is 4.16. The number of aliphatic hydroxyl groups excluding tert-OH is 1. The molecule has 14 heavy (non-hydrogen) atoms. The van der Waals surface area contributed by atoms with E-state index in [2.05, 4.69) is 21.2 Å². The Kier molecular flexibility index (Phi) is 4.22. The molecule has 1 atom stereocenters. The zero-order valence-electron chi connectivity index (χ0n) is 8.13. The van der Waals surface area contributed by atoms with Gasteiger partial charge in [0.15, 0.2) is 0 Å². The van der Waals surface area contributed by atoms with Crippen molar-refractivity contribution in [2.75, 3.05) is 17.6 Å². The van der Waals surface area contributed by atoms with Crippen molar-refractivity contribution in [2.24, 2.45) is 0 Å². The van der Waals surface area contributed by atoms with Crippen LogP contribution in [0.15, 0.2) is 22.7 Å². The molecular formula is C10H15BrN2O. The van der Waals surface area contributed by atoms with Crippen molar-refractivity contribution >= 4 is 27.3 Å². The molecule has 0 aliphatic rings. The quantitative estimate of drug-likeness (QED) is 0.726. The minimum atomic E-state index is -0.268. The van der Waals surface area contributed by atoms with E-state index in [9.17, 15) is 0 Å². The summed E-state index contributed by atoms with van der Waals surface area (Å²) in [6.07, 6.45) is 0.464. The molecule has 0 saturated carbocycles. The molecule has 0 aromatic heterocycles. The van der Waals surface area contributed by atoms with Gasteiger partial charge in [0.25, 0.3) is 0 Å². The fraction of sp³-hybridized carbons (Fsp3) is 0.400. The second-order valence-electron chi connectivity index (χ2n) is 3.30. The highest BCUT2D eigenvalue weighted by Gasteiger charge is 2.00. The molecule has 0 saturated heterocycles. The third-order valence-corrected chi connectivity index (χ3v) is 2.53. The monoisotopic (exact) mass is 258 g/mol. The van der Waals surface area contributed by atoms with Gasteiger partial charge in [-0.2, -0.15) is 0 Å². The van der Waals surface area contributed by atoms with E-state index in [0.717, 1.165) is 28.8 Å². The Bertz CT molecular complexity index is 302. The molecule has 0 radical (unpaired) electrons. The van der Waals surface area contributed by atoms with Gasteiger partial charge in [0.1, 0.15) is 0 Å². The van der Waals surface area contributed by atoms with Crippen LogP contribution in [0.25, 0.3) is 0 Å². The van der Waals surface area contributed by atoms with E-state index in [4.69, 9.17) is 10.8 Å². The van der Waals surface area contributed by atoms with E-state index in [1.165, 1.54) is 0 Å². The average molecular weight is 259 g/mol. The molecule has 0 bridgehead atoms. The normalized spacial score (nSPS) is 12.5. The number of aliphatic hydroxyl groups is 1. The smallest absolute Gasteiger partial charge is 0.0528 e. The molecule has 4 N–H and O–H groups in total. The lowest BCUT2D eigenvalue weighted by Gasteiger charge is -2.09. The van der Waals surface area contributed by atoms with Crippen LogP contribution in [0.3, 0.4) is 0 Å². The van der Waals surface area contributed by atoms with Crippen molar-refractivity contribution in [3.63, 3.8) is 0 Å². The van der Waals surface area contributed by atoms with Crippen LogP contribution < -0.4 is 11.1 Å². The summed E-state index contributed by atoms with van der Waals surface area (Å²) in [4.78, 5) is 0. The summed E-state index contributed by atoms with van der Waals surface area (Å²) in [5, 5.41) is 12.3. The van der Waals surface area contributed by atoms with Gasteiger partial charge in [0, 0.05) is 22.4 Å². The highest BCUT2D eigenvalue weighted by molar-refractivity contribution is 9.10. The third kappa shape index (κ3) is 3.55. The molecule has 1 rings (SSSR count). The summed E-state index contributed by atoms with van der Waals surface area (Å²) in [7, 11) is 0. The number of hydrogen-bond acceptors (Lipinski definition) is 3. The highest BCUT2D eigenvalue weighted by Crippen LogP contribution is 2.24. The van der Waals surface area contributed by atoms with Crippen LogP contribution in [0.4, 0.5) is 11.4 Å². The molecule has 0 aliphatic carbocycles. The number of nitrogens with one attached hydrogen (secondary N) is 1. The molecule has 4 heteroatoms.